The van der Waals surface area contributed by atoms with Crippen LogP contribution in [0.2, 0.25) is 5.02 Å². The molecule has 0 saturated heterocycles. The molecule has 0 aliphatic heterocycles. The topological polar surface area (TPSA) is 80.9 Å². The van der Waals surface area contributed by atoms with Crippen LogP contribution in [0, 0.1) is 0 Å². The average Bonchev–Trinajstić information content (AvgIpc) is 2.79. The number of amides is 1. The second-order valence-electron chi connectivity index (χ2n) is 3.64. The van der Waals surface area contributed by atoms with Crippen LogP contribution < -0.4 is 11.1 Å². The standard InChI is InChI=1S/C11H11ClN4OS2/c1-6(9(13)17)18-11-16-15-10(19-11)14-8-5-3-2-4-7(8)12/h2-6H,1H3,(H2,13,17)(H,14,15)/t6-/m0/s1. The van der Waals surface area contributed by atoms with Gasteiger partial charge in [0.15, 0.2) is 4.34 Å². The molecule has 1 amide bonds. The van der Waals surface area contributed by atoms with Crippen LogP contribution in [0.15, 0.2) is 28.6 Å². The Morgan fingerprint density at radius 2 is 2.21 bits per heavy atom. The van der Waals surface area contributed by atoms with Crippen molar-refractivity contribution in [1.82, 2.24) is 10.2 Å². The molecule has 0 aliphatic rings. The third-order valence-corrected chi connectivity index (χ3v) is 4.57. The van der Waals surface area contributed by atoms with Crippen molar-refractivity contribution in [3.63, 3.8) is 0 Å². The molecule has 2 aromatic rings. The molecule has 1 heterocycles. The van der Waals surface area contributed by atoms with Crippen molar-refractivity contribution in [2.45, 2.75) is 16.5 Å². The van der Waals surface area contributed by atoms with Crippen molar-refractivity contribution >= 4 is 51.4 Å². The molecule has 19 heavy (non-hydrogen) atoms. The molecule has 0 spiro atoms. The number of nitrogens with one attached hydrogen (secondary N) is 1. The van der Waals surface area contributed by atoms with Crippen molar-refractivity contribution in [2.24, 2.45) is 5.73 Å². The third kappa shape index (κ3) is 3.82. The Morgan fingerprint density at radius 1 is 1.47 bits per heavy atom. The van der Waals surface area contributed by atoms with Gasteiger partial charge in [-0.1, -0.05) is 46.8 Å². The number of hydrogen-bond donors (Lipinski definition) is 2. The Labute approximate surface area is 123 Å². The van der Waals surface area contributed by atoms with Crippen LogP contribution in [-0.4, -0.2) is 21.4 Å². The van der Waals surface area contributed by atoms with Gasteiger partial charge in [0, 0.05) is 0 Å². The largest absolute Gasteiger partial charge is 0.369 e. The molecule has 1 aromatic heterocycles. The first-order valence-electron chi connectivity index (χ1n) is 5.37. The van der Waals surface area contributed by atoms with E-state index in [4.69, 9.17) is 17.3 Å². The van der Waals surface area contributed by atoms with Crippen molar-refractivity contribution in [2.75, 3.05) is 5.32 Å². The van der Waals surface area contributed by atoms with Gasteiger partial charge >= 0.3 is 0 Å². The Kier molecular flexibility index (Phi) is 4.62. The first kappa shape index (κ1) is 14.1. The van der Waals surface area contributed by atoms with Gasteiger partial charge in [-0.2, -0.15) is 0 Å². The number of hydrogen-bond acceptors (Lipinski definition) is 6. The number of carbonyl (C=O) groups excluding carboxylic acids is 1. The van der Waals surface area contributed by atoms with Crippen molar-refractivity contribution in [3.8, 4) is 0 Å². The highest BCUT2D eigenvalue weighted by Gasteiger charge is 2.14. The summed E-state index contributed by atoms with van der Waals surface area (Å²) in [6.07, 6.45) is 0. The van der Waals surface area contributed by atoms with Gasteiger partial charge < -0.3 is 11.1 Å². The van der Waals surface area contributed by atoms with Gasteiger partial charge in [-0.15, -0.1) is 10.2 Å². The Hall–Kier alpha value is -1.31. The molecule has 0 aliphatic carbocycles. The van der Waals surface area contributed by atoms with Crippen LogP contribution in [0.3, 0.4) is 0 Å². The number of halogens is 1. The minimum Gasteiger partial charge on any atom is -0.369 e. The molecule has 0 saturated carbocycles. The molecular weight excluding hydrogens is 304 g/mol. The van der Waals surface area contributed by atoms with Gasteiger partial charge in [0.05, 0.1) is 16.0 Å². The van der Waals surface area contributed by atoms with E-state index < -0.39 is 0 Å². The number of anilines is 2. The number of carbonyl (C=O) groups is 1. The maximum Gasteiger partial charge on any atom is 0.230 e. The molecule has 0 bridgehead atoms. The highest BCUT2D eigenvalue weighted by atomic mass is 35.5. The number of para-hydroxylation sites is 1. The normalized spacial score (nSPS) is 12.1. The molecule has 0 radical (unpaired) electrons. The Morgan fingerprint density at radius 3 is 2.89 bits per heavy atom. The summed E-state index contributed by atoms with van der Waals surface area (Å²) in [5, 5.41) is 11.9. The smallest absolute Gasteiger partial charge is 0.230 e. The zero-order valence-corrected chi connectivity index (χ0v) is 12.4. The molecule has 5 nitrogen and oxygen atoms in total. The van der Waals surface area contributed by atoms with Crippen LogP contribution in [0.4, 0.5) is 10.8 Å². The third-order valence-electron chi connectivity index (χ3n) is 2.20. The maximum absolute atomic E-state index is 11.0. The van der Waals surface area contributed by atoms with E-state index in [0.29, 0.717) is 14.5 Å². The summed E-state index contributed by atoms with van der Waals surface area (Å²) in [4.78, 5) is 11.0. The van der Waals surface area contributed by atoms with Crippen LogP contribution in [0.1, 0.15) is 6.92 Å². The zero-order valence-electron chi connectivity index (χ0n) is 9.96. The van der Waals surface area contributed by atoms with E-state index in [2.05, 4.69) is 15.5 Å². The number of aromatic nitrogens is 2. The van der Waals surface area contributed by atoms with Crippen LogP contribution in [0.25, 0.3) is 0 Å². The summed E-state index contributed by atoms with van der Waals surface area (Å²) in [5.74, 6) is -0.374. The van der Waals surface area contributed by atoms with Crippen LogP contribution in [0.5, 0.6) is 0 Å². The number of primary amides is 1. The van der Waals surface area contributed by atoms with Crippen molar-refractivity contribution in [3.05, 3.63) is 29.3 Å². The summed E-state index contributed by atoms with van der Waals surface area (Å²) >= 11 is 8.66. The average molecular weight is 315 g/mol. The predicted molar refractivity (Wildman–Crippen MR) is 79.2 cm³/mol. The van der Waals surface area contributed by atoms with E-state index in [9.17, 15) is 4.79 Å². The summed E-state index contributed by atoms with van der Waals surface area (Å²) in [6.45, 7) is 1.73. The second-order valence-corrected chi connectivity index (χ2v) is 6.61. The highest BCUT2D eigenvalue weighted by Crippen LogP contribution is 2.31. The fraction of sp³-hybridized carbons (Fsp3) is 0.182. The highest BCUT2D eigenvalue weighted by molar-refractivity contribution is 8.02. The number of nitrogens with zero attached hydrogens (tertiary/aromatic N) is 2. The van der Waals surface area contributed by atoms with E-state index in [1.54, 1.807) is 13.0 Å². The van der Waals surface area contributed by atoms with Gasteiger partial charge in [0.2, 0.25) is 11.0 Å². The van der Waals surface area contributed by atoms with Crippen molar-refractivity contribution in [1.29, 1.82) is 0 Å². The lowest BCUT2D eigenvalue weighted by molar-refractivity contribution is -0.117. The Balaban J connectivity index is 2.06. The fourth-order valence-electron chi connectivity index (χ4n) is 1.19. The molecule has 0 unspecified atom stereocenters. The fourth-order valence-corrected chi connectivity index (χ4v) is 3.24. The first-order chi connectivity index (χ1) is 9.06. The minimum absolute atomic E-state index is 0.332. The van der Waals surface area contributed by atoms with Gasteiger partial charge in [0.1, 0.15) is 0 Å². The lowest BCUT2D eigenvalue weighted by atomic mass is 10.3. The van der Waals surface area contributed by atoms with Crippen molar-refractivity contribution < 1.29 is 4.79 Å². The summed E-state index contributed by atoms with van der Waals surface area (Å²) in [5.41, 5.74) is 5.96. The number of rotatable bonds is 5. The quantitative estimate of drug-likeness (QED) is 0.829. The van der Waals surface area contributed by atoms with E-state index in [1.807, 2.05) is 18.2 Å². The lowest BCUT2D eigenvalue weighted by Gasteiger charge is -2.03. The lowest BCUT2D eigenvalue weighted by Crippen LogP contribution is -2.22. The van der Waals surface area contributed by atoms with Crippen LogP contribution in [-0.2, 0) is 4.79 Å². The second kappa shape index (κ2) is 6.23. The monoisotopic (exact) mass is 314 g/mol. The molecule has 3 N–H and O–H groups in total. The summed E-state index contributed by atoms with van der Waals surface area (Å²) < 4.78 is 0.681. The maximum atomic E-state index is 11.0. The van der Waals surface area contributed by atoms with Gasteiger partial charge in [-0.3, -0.25) is 4.79 Å². The Bertz CT molecular complexity index is 590. The first-order valence-corrected chi connectivity index (χ1v) is 7.44. The van der Waals surface area contributed by atoms with Gasteiger partial charge in [0.25, 0.3) is 0 Å². The predicted octanol–water partition coefficient (Wildman–Crippen LogP) is 2.90. The summed E-state index contributed by atoms with van der Waals surface area (Å²) in [7, 11) is 0. The van der Waals surface area contributed by atoms with E-state index >= 15 is 0 Å². The molecule has 100 valence electrons. The number of thioether (sulfide) groups is 1. The number of benzene rings is 1. The molecule has 2 rings (SSSR count). The molecule has 1 atom stereocenters. The minimum atomic E-state index is -0.374. The van der Waals surface area contributed by atoms with Gasteiger partial charge in [-0.25, -0.2) is 0 Å². The molecular formula is C11H11ClN4OS2. The zero-order chi connectivity index (χ0) is 13.8. The van der Waals surface area contributed by atoms with E-state index in [0.717, 1.165) is 5.69 Å². The van der Waals surface area contributed by atoms with Gasteiger partial charge in [-0.05, 0) is 19.1 Å². The molecule has 0 fully saturated rings. The number of nitrogens with two attached hydrogens (primary N) is 1. The van der Waals surface area contributed by atoms with Crippen LogP contribution >= 0.6 is 34.7 Å². The van der Waals surface area contributed by atoms with E-state index in [1.165, 1.54) is 23.1 Å². The SMILES string of the molecule is C[C@H](Sc1nnc(Nc2ccccc2Cl)s1)C(N)=O. The summed E-state index contributed by atoms with van der Waals surface area (Å²) in [6, 6.07) is 7.36. The van der Waals surface area contributed by atoms with E-state index in [-0.39, 0.29) is 11.2 Å². The molecule has 1 aromatic carbocycles. The molecule has 8 heteroatoms.